The Morgan fingerprint density at radius 1 is 1.64 bits per heavy atom. The molecule has 0 aliphatic carbocycles. The average Bonchev–Trinajstić information content (AvgIpc) is 2.50. The first-order valence-electron chi connectivity index (χ1n) is 4.49. The van der Waals surface area contributed by atoms with Crippen molar-refractivity contribution in [2.75, 3.05) is 18.1 Å². The molecule has 0 saturated carbocycles. The maximum atomic E-state index is 11.4. The number of hydrogen-bond donors (Lipinski definition) is 1. The minimum Gasteiger partial charge on any atom is -0.308 e. The SMILES string of the molecule is Cn1cc(C2CS(=O)(=O)CCN2)cn1. The van der Waals surface area contributed by atoms with Crippen LogP contribution in [0.3, 0.4) is 0 Å². The van der Waals surface area contributed by atoms with Gasteiger partial charge in [-0.2, -0.15) is 5.10 Å². The van der Waals surface area contributed by atoms with Crippen LogP contribution in [-0.2, 0) is 16.9 Å². The van der Waals surface area contributed by atoms with Crippen molar-refractivity contribution in [1.29, 1.82) is 0 Å². The van der Waals surface area contributed by atoms with Gasteiger partial charge in [0.2, 0.25) is 0 Å². The third-order valence-corrected chi connectivity index (χ3v) is 4.02. The summed E-state index contributed by atoms with van der Waals surface area (Å²) in [6.07, 6.45) is 3.55. The normalized spacial score (nSPS) is 26.2. The van der Waals surface area contributed by atoms with Crippen LogP contribution < -0.4 is 5.32 Å². The van der Waals surface area contributed by atoms with Crippen molar-refractivity contribution in [2.24, 2.45) is 7.05 Å². The highest BCUT2D eigenvalue weighted by molar-refractivity contribution is 7.91. The van der Waals surface area contributed by atoms with Crippen LogP contribution in [0, 0.1) is 0 Å². The maximum absolute atomic E-state index is 11.4. The number of aryl methyl sites for hydroxylation is 1. The van der Waals surface area contributed by atoms with E-state index in [4.69, 9.17) is 0 Å². The predicted octanol–water partition coefficient (Wildman–Crippen LogP) is -0.521. The summed E-state index contributed by atoms with van der Waals surface area (Å²) in [5.74, 6) is 0.419. The summed E-state index contributed by atoms with van der Waals surface area (Å²) < 4.78 is 24.4. The molecule has 1 aromatic rings. The summed E-state index contributed by atoms with van der Waals surface area (Å²) in [5, 5.41) is 7.19. The van der Waals surface area contributed by atoms with E-state index in [1.54, 1.807) is 10.9 Å². The monoisotopic (exact) mass is 215 g/mol. The van der Waals surface area contributed by atoms with Crippen LogP contribution >= 0.6 is 0 Å². The van der Waals surface area contributed by atoms with Gasteiger partial charge in [-0.1, -0.05) is 0 Å². The molecule has 0 aromatic carbocycles. The molecule has 2 rings (SSSR count). The second kappa shape index (κ2) is 3.36. The van der Waals surface area contributed by atoms with E-state index in [-0.39, 0.29) is 17.5 Å². The molecule has 6 heteroatoms. The third kappa shape index (κ3) is 1.96. The molecule has 1 aliphatic heterocycles. The van der Waals surface area contributed by atoms with Crippen molar-refractivity contribution in [1.82, 2.24) is 15.1 Å². The molecule has 1 unspecified atom stereocenters. The van der Waals surface area contributed by atoms with Crippen molar-refractivity contribution in [3.8, 4) is 0 Å². The van der Waals surface area contributed by atoms with Gasteiger partial charge in [0.25, 0.3) is 0 Å². The second-order valence-corrected chi connectivity index (χ2v) is 5.80. The Bertz CT molecular complexity index is 424. The smallest absolute Gasteiger partial charge is 0.153 e. The van der Waals surface area contributed by atoms with Gasteiger partial charge in [0.1, 0.15) is 0 Å². The van der Waals surface area contributed by atoms with Crippen molar-refractivity contribution < 1.29 is 8.42 Å². The van der Waals surface area contributed by atoms with E-state index in [0.29, 0.717) is 6.54 Å². The van der Waals surface area contributed by atoms with E-state index < -0.39 is 9.84 Å². The first-order chi connectivity index (χ1) is 6.57. The molecule has 0 bridgehead atoms. The molecule has 78 valence electrons. The second-order valence-electron chi connectivity index (χ2n) is 3.57. The quantitative estimate of drug-likeness (QED) is 0.684. The summed E-state index contributed by atoms with van der Waals surface area (Å²) in [6, 6.07) is -0.0950. The zero-order chi connectivity index (χ0) is 10.2. The third-order valence-electron chi connectivity index (χ3n) is 2.35. The van der Waals surface area contributed by atoms with Gasteiger partial charge < -0.3 is 5.32 Å². The van der Waals surface area contributed by atoms with Crippen molar-refractivity contribution in [3.63, 3.8) is 0 Å². The van der Waals surface area contributed by atoms with E-state index in [9.17, 15) is 8.42 Å². The van der Waals surface area contributed by atoms with Gasteiger partial charge in [-0.3, -0.25) is 4.68 Å². The van der Waals surface area contributed by atoms with Crippen LogP contribution in [0.4, 0.5) is 0 Å². The van der Waals surface area contributed by atoms with Crippen molar-refractivity contribution in [2.45, 2.75) is 6.04 Å². The summed E-state index contributed by atoms with van der Waals surface area (Å²) >= 11 is 0. The van der Waals surface area contributed by atoms with Gasteiger partial charge >= 0.3 is 0 Å². The standard InChI is InChI=1S/C8H13N3O2S/c1-11-5-7(4-10-11)8-6-14(12,13)3-2-9-8/h4-5,8-9H,2-3,6H2,1H3. The largest absolute Gasteiger partial charge is 0.308 e. The molecule has 2 heterocycles. The lowest BCUT2D eigenvalue weighted by Gasteiger charge is -2.22. The number of sulfone groups is 1. The Hall–Kier alpha value is -0.880. The van der Waals surface area contributed by atoms with Crippen molar-refractivity contribution >= 4 is 9.84 Å². The van der Waals surface area contributed by atoms with E-state index in [1.165, 1.54) is 0 Å². The Morgan fingerprint density at radius 2 is 2.43 bits per heavy atom. The molecule has 14 heavy (non-hydrogen) atoms. The topological polar surface area (TPSA) is 64.0 Å². The minimum atomic E-state index is -2.87. The summed E-state index contributed by atoms with van der Waals surface area (Å²) in [4.78, 5) is 0. The molecular formula is C8H13N3O2S. The molecule has 0 amide bonds. The van der Waals surface area contributed by atoms with Crippen molar-refractivity contribution in [3.05, 3.63) is 18.0 Å². The molecule has 1 saturated heterocycles. The number of nitrogens with one attached hydrogen (secondary N) is 1. The Balaban J connectivity index is 2.20. The van der Waals surface area contributed by atoms with Crippen LogP contribution in [0.25, 0.3) is 0 Å². The number of aromatic nitrogens is 2. The molecule has 1 atom stereocenters. The fraction of sp³-hybridized carbons (Fsp3) is 0.625. The van der Waals surface area contributed by atoms with E-state index in [1.807, 2.05) is 13.2 Å². The van der Waals surface area contributed by atoms with Crippen LogP contribution in [0.15, 0.2) is 12.4 Å². The van der Waals surface area contributed by atoms with Crippen LogP contribution in [0.2, 0.25) is 0 Å². The lowest BCUT2D eigenvalue weighted by atomic mass is 10.2. The minimum absolute atomic E-state index is 0.0950. The molecule has 1 aliphatic rings. The fourth-order valence-corrected chi connectivity index (χ4v) is 3.03. The molecule has 0 spiro atoms. The Morgan fingerprint density at radius 3 is 3.00 bits per heavy atom. The van der Waals surface area contributed by atoms with E-state index in [0.717, 1.165) is 5.56 Å². The van der Waals surface area contributed by atoms with Crippen LogP contribution in [0.5, 0.6) is 0 Å². The fourth-order valence-electron chi connectivity index (χ4n) is 1.62. The first kappa shape index (κ1) is 9.67. The van der Waals surface area contributed by atoms with Gasteiger partial charge in [-0.15, -0.1) is 0 Å². The molecule has 1 N–H and O–H groups in total. The highest BCUT2D eigenvalue weighted by Gasteiger charge is 2.25. The average molecular weight is 215 g/mol. The van der Waals surface area contributed by atoms with Gasteiger partial charge in [-0.05, 0) is 0 Å². The lowest BCUT2D eigenvalue weighted by Crippen LogP contribution is -2.38. The molecule has 1 aromatic heterocycles. The number of nitrogens with zero attached hydrogens (tertiary/aromatic N) is 2. The number of hydrogen-bond acceptors (Lipinski definition) is 4. The summed E-state index contributed by atoms with van der Waals surface area (Å²) in [7, 11) is -1.05. The summed E-state index contributed by atoms with van der Waals surface area (Å²) in [5.41, 5.74) is 0.941. The van der Waals surface area contributed by atoms with Crippen LogP contribution in [0.1, 0.15) is 11.6 Å². The maximum Gasteiger partial charge on any atom is 0.153 e. The van der Waals surface area contributed by atoms with E-state index in [2.05, 4.69) is 10.4 Å². The molecule has 0 radical (unpaired) electrons. The Kier molecular flexibility index (Phi) is 2.32. The Labute approximate surface area is 83.0 Å². The lowest BCUT2D eigenvalue weighted by molar-refractivity contribution is 0.530. The zero-order valence-corrected chi connectivity index (χ0v) is 8.79. The van der Waals surface area contributed by atoms with Crippen LogP contribution in [-0.4, -0.2) is 36.2 Å². The highest BCUT2D eigenvalue weighted by Crippen LogP contribution is 2.17. The zero-order valence-electron chi connectivity index (χ0n) is 7.97. The van der Waals surface area contributed by atoms with Gasteiger partial charge in [0, 0.05) is 31.4 Å². The molecular weight excluding hydrogens is 202 g/mol. The first-order valence-corrected chi connectivity index (χ1v) is 6.31. The molecule has 1 fully saturated rings. The molecule has 5 nitrogen and oxygen atoms in total. The summed E-state index contributed by atoms with van der Waals surface area (Å²) in [6.45, 7) is 0.530. The predicted molar refractivity (Wildman–Crippen MR) is 52.6 cm³/mol. The van der Waals surface area contributed by atoms with Gasteiger partial charge in [-0.25, -0.2) is 8.42 Å². The number of rotatable bonds is 1. The van der Waals surface area contributed by atoms with Gasteiger partial charge in [0.15, 0.2) is 9.84 Å². The van der Waals surface area contributed by atoms with Gasteiger partial charge in [0.05, 0.1) is 17.7 Å². The highest BCUT2D eigenvalue weighted by atomic mass is 32.2. The van der Waals surface area contributed by atoms with E-state index >= 15 is 0 Å².